The number of hydrogen-bond acceptors (Lipinski definition) is 4. The van der Waals surface area contributed by atoms with Gasteiger partial charge in [-0.25, -0.2) is 0 Å². The number of aromatic nitrogens is 1. The highest BCUT2D eigenvalue weighted by Gasteiger charge is 2.13. The van der Waals surface area contributed by atoms with Crippen LogP contribution in [-0.2, 0) is 0 Å². The third kappa shape index (κ3) is 2.49. The monoisotopic (exact) mass is 266 g/mol. The van der Waals surface area contributed by atoms with Crippen molar-refractivity contribution in [2.75, 3.05) is 0 Å². The summed E-state index contributed by atoms with van der Waals surface area (Å²) in [6.07, 6.45) is 1.27. The standard InChI is InChI=1S/C11H7ClN2O4/c12-9-7-8(14(16)17)4-5-10(9)18-11-3-1-2-6-13(11)15/h1-7H. The van der Waals surface area contributed by atoms with Gasteiger partial charge in [0.15, 0.2) is 11.9 Å². The van der Waals surface area contributed by atoms with Crippen molar-refractivity contribution >= 4 is 17.3 Å². The van der Waals surface area contributed by atoms with Crippen LogP contribution in [0.15, 0.2) is 42.6 Å². The lowest BCUT2D eigenvalue weighted by molar-refractivity contribution is -0.611. The Morgan fingerprint density at radius 2 is 2.06 bits per heavy atom. The van der Waals surface area contributed by atoms with Crippen molar-refractivity contribution in [2.24, 2.45) is 0 Å². The van der Waals surface area contributed by atoms with Crippen LogP contribution in [0.4, 0.5) is 5.69 Å². The second kappa shape index (κ2) is 4.89. The molecule has 0 spiro atoms. The van der Waals surface area contributed by atoms with E-state index in [9.17, 15) is 15.3 Å². The van der Waals surface area contributed by atoms with E-state index in [4.69, 9.17) is 16.3 Å². The zero-order valence-corrected chi connectivity index (χ0v) is 9.70. The highest BCUT2D eigenvalue weighted by Crippen LogP contribution is 2.31. The smallest absolute Gasteiger partial charge is 0.384 e. The molecule has 1 aromatic carbocycles. The molecule has 92 valence electrons. The van der Waals surface area contributed by atoms with Crippen LogP contribution in [0.3, 0.4) is 0 Å². The fourth-order valence-corrected chi connectivity index (χ4v) is 1.50. The summed E-state index contributed by atoms with van der Waals surface area (Å²) >= 11 is 5.83. The number of nitrogens with zero attached hydrogens (tertiary/aromatic N) is 2. The lowest BCUT2D eigenvalue weighted by Crippen LogP contribution is -2.26. The fraction of sp³-hybridized carbons (Fsp3) is 0. The Morgan fingerprint density at radius 3 is 2.67 bits per heavy atom. The van der Waals surface area contributed by atoms with Crippen molar-refractivity contribution in [3.63, 3.8) is 0 Å². The van der Waals surface area contributed by atoms with Gasteiger partial charge in [0, 0.05) is 18.2 Å². The summed E-state index contributed by atoms with van der Waals surface area (Å²) in [5.74, 6) is 0.214. The van der Waals surface area contributed by atoms with E-state index in [0.29, 0.717) is 4.73 Å². The van der Waals surface area contributed by atoms with E-state index in [-0.39, 0.29) is 22.3 Å². The second-order valence-electron chi connectivity index (χ2n) is 3.34. The normalized spacial score (nSPS) is 10.1. The Balaban J connectivity index is 2.30. The van der Waals surface area contributed by atoms with Gasteiger partial charge < -0.3 is 9.94 Å². The molecule has 0 aliphatic carbocycles. The first kappa shape index (κ1) is 12.1. The maximum absolute atomic E-state index is 11.4. The van der Waals surface area contributed by atoms with E-state index in [2.05, 4.69) is 0 Å². The van der Waals surface area contributed by atoms with Gasteiger partial charge in [-0.15, -0.1) is 4.73 Å². The highest BCUT2D eigenvalue weighted by molar-refractivity contribution is 6.32. The van der Waals surface area contributed by atoms with Crippen LogP contribution < -0.4 is 9.47 Å². The molecule has 0 saturated heterocycles. The van der Waals surface area contributed by atoms with E-state index >= 15 is 0 Å². The lowest BCUT2D eigenvalue weighted by atomic mass is 10.3. The zero-order valence-electron chi connectivity index (χ0n) is 8.95. The Bertz CT molecular complexity index is 603. The minimum atomic E-state index is -0.564. The number of halogens is 1. The van der Waals surface area contributed by atoms with Crippen molar-refractivity contribution in [1.82, 2.24) is 0 Å². The van der Waals surface area contributed by atoms with Crippen LogP contribution >= 0.6 is 11.6 Å². The number of pyridine rings is 1. The molecular formula is C11H7ClN2O4. The summed E-state index contributed by atoms with van der Waals surface area (Å²) in [6, 6.07) is 8.40. The average Bonchev–Trinajstić information content (AvgIpc) is 2.34. The summed E-state index contributed by atoms with van der Waals surface area (Å²) in [6.45, 7) is 0. The van der Waals surface area contributed by atoms with E-state index in [1.165, 1.54) is 24.4 Å². The minimum Gasteiger partial charge on any atom is -0.616 e. The maximum Gasteiger partial charge on any atom is 0.384 e. The van der Waals surface area contributed by atoms with Gasteiger partial charge in [0.25, 0.3) is 5.69 Å². The lowest BCUT2D eigenvalue weighted by Gasteiger charge is -2.06. The second-order valence-corrected chi connectivity index (χ2v) is 3.75. The molecule has 0 amide bonds. The van der Waals surface area contributed by atoms with Crippen LogP contribution in [0.2, 0.25) is 5.02 Å². The van der Waals surface area contributed by atoms with E-state index in [1.807, 2.05) is 0 Å². The van der Waals surface area contributed by atoms with Crippen LogP contribution in [0.25, 0.3) is 0 Å². The van der Waals surface area contributed by atoms with E-state index in [0.717, 1.165) is 6.07 Å². The van der Waals surface area contributed by atoms with Gasteiger partial charge in [-0.1, -0.05) is 11.6 Å². The number of benzene rings is 1. The molecule has 6 nitrogen and oxygen atoms in total. The van der Waals surface area contributed by atoms with Crippen LogP contribution in [0, 0.1) is 15.3 Å². The van der Waals surface area contributed by atoms with Crippen molar-refractivity contribution in [3.05, 3.63) is 62.9 Å². The SMILES string of the molecule is O=[N+]([O-])c1ccc(Oc2cccc[n+]2[O-])c(Cl)c1. The molecule has 2 aromatic rings. The molecule has 0 aliphatic heterocycles. The molecule has 0 fully saturated rings. The molecule has 0 unspecified atom stereocenters. The quantitative estimate of drug-likeness (QED) is 0.370. The third-order valence-corrected chi connectivity index (χ3v) is 2.42. The van der Waals surface area contributed by atoms with Crippen LogP contribution in [-0.4, -0.2) is 4.92 Å². The molecule has 0 aliphatic rings. The van der Waals surface area contributed by atoms with E-state index < -0.39 is 4.92 Å². The Morgan fingerprint density at radius 1 is 1.28 bits per heavy atom. The van der Waals surface area contributed by atoms with Crippen molar-refractivity contribution in [1.29, 1.82) is 0 Å². The molecule has 0 N–H and O–H groups in total. The number of hydrogen-bond donors (Lipinski definition) is 0. The molecule has 18 heavy (non-hydrogen) atoms. The molecule has 0 radical (unpaired) electrons. The summed E-state index contributed by atoms with van der Waals surface area (Å²) in [5, 5.41) is 21.9. The predicted octanol–water partition coefficient (Wildman–Crippen LogP) is 2.67. The van der Waals surface area contributed by atoms with Crippen LogP contribution in [0.1, 0.15) is 0 Å². The highest BCUT2D eigenvalue weighted by atomic mass is 35.5. The van der Waals surface area contributed by atoms with Crippen LogP contribution in [0.5, 0.6) is 11.6 Å². The van der Waals surface area contributed by atoms with Gasteiger partial charge in [-0.3, -0.25) is 10.1 Å². The first-order valence-corrected chi connectivity index (χ1v) is 5.26. The van der Waals surface area contributed by atoms with Crippen molar-refractivity contribution in [3.8, 4) is 11.6 Å². The third-order valence-electron chi connectivity index (χ3n) is 2.13. The van der Waals surface area contributed by atoms with Gasteiger partial charge in [-0.2, -0.15) is 0 Å². The molecule has 1 heterocycles. The minimum absolute atomic E-state index is 0.0354. The van der Waals surface area contributed by atoms with Gasteiger partial charge >= 0.3 is 5.88 Å². The summed E-state index contributed by atoms with van der Waals surface area (Å²) < 4.78 is 5.80. The molecule has 2 rings (SSSR count). The van der Waals surface area contributed by atoms with Gasteiger partial charge in [0.2, 0.25) is 0 Å². The van der Waals surface area contributed by atoms with Crippen molar-refractivity contribution in [2.45, 2.75) is 0 Å². The molecular weight excluding hydrogens is 260 g/mol. The molecule has 1 aromatic heterocycles. The first-order chi connectivity index (χ1) is 8.58. The van der Waals surface area contributed by atoms with E-state index in [1.54, 1.807) is 12.1 Å². The maximum atomic E-state index is 11.4. The Hall–Kier alpha value is -2.34. The molecule has 0 bridgehead atoms. The zero-order chi connectivity index (χ0) is 13.1. The van der Waals surface area contributed by atoms with Gasteiger partial charge in [0.1, 0.15) is 0 Å². The summed E-state index contributed by atoms with van der Waals surface area (Å²) in [7, 11) is 0. The summed E-state index contributed by atoms with van der Waals surface area (Å²) in [5.41, 5.74) is -0.143. The van der Waals surface area contributed by atoms with Gasteiger partial charge in [-0.05, 0) is 12.1 Å². The number of rotatable bonds is 3. The van der Waals surface area contributed by atoms with Gasteiger partial charge in [0.05, 0.1) is 16.0 Å². The average molecular weight is 267 g/mol. The summed E-state index contributed by atoms with van der Waals surface area (Å²) in [4.78, 5) is 9.97. The predicted molar refractivity (Wildman–Crippen MR) is 63.6 cm³/mol. The number of nitro benzene ring substituents is 1. The number of non-ortho nitro benzene ring substituents is 1. The largest absolute Gasteiger partial charge is 0.616 e. The fourth-order valence-electron chi connectivity index (χ4n) is 1.29. The molecule has 7 heteroatoms. The number of ether oxygens (including phenoxy) is 1. The molecule has 0 saturated carbocycles. The first-order valence-electron chi connectivity index (χ1n) is 4.88. The Kier molecular flexibility index (Phi) is 3.29. The topological polar surface area (TPSA) is 79.3 Å². The number of nitro groups is 1. The Labute approximate surface area is 107 Å². The molecule has 0 atom stereocenters. The van der Waals surface area contributed by atoms with Crippen molar-refractivity contribution < 1.29 is 14.4 Å².